The number of benzene rings is 1. The summed E-state index contributed by atoms with van der Waals surface area (Å²) in [5.74, 6) is 0.234. The molecule has 0 fully saturated rings. The average molecular weight is 233 g/mol. The Morgan fingerprint density at radius 1 is 1.25 bits per heavy atom. The molecule has 1 atom stereocenters. The largest absolute Gasteiger partial charge is 0.438 e. The Bertz CT molecular complexity index is 524. The minimum Gasteiger partial charge on any atom is -0.438 e. The highest BCUT2D eigenvalue weighted by Crippen LogP contribution is 2.36. The third-order valence-electron chi connectivity index (χ3n) is 1.96. The number of fused-ring (bicyclic) bond motifs is 1. The monoisotopic (exact) mass is 232 g/mol. The number of nitriles is 2. The standard InChI is InChI=1S/C11H5ClN2O2/c12-11-15-9-2-1-7(4-10(9)16-11)3-8(5-13)6-14/h1-4,11H/t11-/m1/s1. The van der Waals surface area contributed by atoms with Crippen LogP contribution in [0.5, 0.6) is 11.5 Å². The molecule has 1 aromatic rings. The predicted octanol–water partition coefficient (Wildman–Crippen LogP) is 2.41. The maximum absolute atomic E-state index is 8.60. The molecule has 0 radical (unpaired) electrons. The van der Waals surface area contributed by atoms with Gasteiger partial charge in [-0.25, -0.2) is 0 Å². The van der Waals surface area contributed by atoms with Gasteiger partial charge in [-0.2, -0.15) is 10.5 Å². The number of allylic oxidation sites excluding steroid dienone is 1. The molecule has 0 saturated carbocycles. The SMILES string of the molecule is N#CC(C#N)=Cc1ccc2c(c1)O[C@H](Cl)O2. The Morgan fingerprint density at radius 2 is 1.94 bits per heavy atom. The van der Waals surface area contributed by atoms with E-state index in [-0.39, 0.29) is 5.57 Å². The zero-order valence-corrected chi connectivity index (χ0v) is 8.73. The summed E-state index contributed by atoms with van der Waals surface area (Å²) >= 11 is 5.63. The average Bonchev–Trinajstić information content (AvgIpc) is 2.65. The van der Waals surface area contributed by atoms with E-state index in [4.69, 9.17) is 31.6 Å². The Balaban J connectivity index is 2.35. The van der Waals surface area contributed by atoms with Crippen molar-refractivity contribution in [2.24, 2.45) is 0 Å². The van der Waals surface area contributed by atoms with Crippen LogP contribution in [0.4, 0.5) is 0 Å². The summed E-state index contributed by atoms with van der Waals surface area (Å²) < 4.78 is 10.3. The molecule has 0 bridgehead atoms. The topological polar surface area (TPSA) is 66.0 Å². The van der Waals surface area contributed by atoms with Gasteiger partial charge >= 0.3 is 5.75 Å². The first-order valence-electron chi connectivity index (χ1n) is 4.36. The van der Waals surface area contributed by atoms with Gasteiger partial charge < -0.3 is 9.47 Å². The second-order valence-corrected chi connectivity index (χ2v) is 3.35. The molecule has 78 valence electrons. The normalized spacial score (nSPS) is 16.1. The summed E-state index contributed by atoms with van der Waals surface area (Å²) in [7, 11) is 0. The van der Waals surface area contributed by atoms with Crippen molar-refractivity contribution in [3.63, 3.8) is 0 Å². The van der Waals surface area contributed by atoms with Gasteiger partial charge in [-0.05, 0) is 35.4 Å². The third-order valence-corrected chi connectivity index (χ3v) is 2.14. The summed E-state index contributed by atoms with van der Waals surface area (Å²) in [4.78, 5) is 0. The molecular formula is C11H5ClN2O2. The van der Waals surface area contributed by atoms with Gasteiger partial charge in [0.05, 0.1) is 0 Å². The van der Waals surface area contributed by atoms with Crippen LogP contribution in [0.1, 0.15) is 5.56 Å². The second-order valence-electron chi connectivity index (χ2n) is 3.00. The van der Waals surface area contributed by atoms with Gasteiger partial charge in [0, 0.05) is 0 Å². The van der Waals surface area contributed by atoms with Crippen molar-refractivity contribution in [1.82, 2.24) is 0 Å². The van der Waals surface area contributed by atoms with Crippen LogP contribution in [0, 0.1) is 22.7 Å². The van der Waals surface area contributed by atoms with Crippen LogP contribution in [0.25, 0.3) is 6.08 Å². The molecule has 1 aromatic carbocycles. The number of rotatable bonds is 1. The fourth-order valence-corrected chi connectivity index (χ4v) is 1.48. The fraction of sp³-hybridized carbons (Fsp3) is 0.0909. The second kappa shape index (κ2) is 4.14. The van der Waals surface area contributed by atoms with Crippen molar-refractivity contribution in [3.05, 3.63) is 29.3 Å². The highest BCUT2D eigenvalue weighted by Gasteiger charge is 2.21. The Kier molecular flexibility index (Phi) is 2.68. The molecule has 0 unspecified atom stereocenters. The number of hydrogen-bond donors (Lipinski definition) is 0. The van der Waals surface area contributed by atoms with Crippen LogP contribution in [0.15, 0.2) is 23.8 Å². The van der Waals surface area contributed by atoms with E-state index in [1.807, 2.05) is 0 Å². The molecule has 0 aromatic heterocycles. The van der Waals surface area contributed by atoms with Crippen molar-refractivity contribution in [1.29, 1.82) is 10.5 Å². The molecule has 0 aliphatic carbocycles. The molecule has 0 amide bonds. The smallest absolute Gasteiger partial charge is 0.322 e. The quantitative estimate of drug-likeness (QED) is 0.551. The summed E-state index contributed by atoms with van der Waals surface area (Å²) in [5, 5.41) is 17.2. The van der Waals surface area contributed by atoms with Crippen molar-refractivity contribution >= 4 is 17.7 Å². The molecule has 16 heavy (non-hydrogen) atoms. The first-order valence-corrected chi connectivity index (χ1v) is 4.80. The molecule has 2 rings (SSSR count). The number of alkyl halides is 1. The molecule has 1 aliphatic rings. The van der Waals surface area contributed by atoms with E-state index in [0.717, 1.165) is 0 Å². The predicted molar refractivity (Wildman–Crippen MR) is 56.5 cm³/mol. The van der Waals surface area contributed by atoms with E-state index in [2.05, 4.69) is 0 Å². The molecule has 0 N–H and O–H groups in total. The van der Waals surface area contributed by atoms with Gasteiger partial charge in [0.2, 0.25) is 0 Å². The molecule has 5 heteroatoms. The summed E-state index contributed by atoms with van der Waals surface area (Å²) in [6, 6.07) is 8.61. The van der Waals surface area contributed by atoms with Gasteiger partial charge in [0.15, 0.2) is 11.5 Å². The van der Waals surface area contributed by atoms with E-state index >= 15 is 0 Å². The van der Waals surface area contributed by atoms with Crippen LogP contribution in [-0.2, 0) is 0 Å². The highest BCUT2D eigenvalue weighted by atomic mass is 35.5. The van der Waals surface area contributed by atoms with Crippen molar-refractivity contribution in [2.45, 2.75) is 5.75 Å². The van der Waals surface area contributed by atoms with Gasteiger partial charge in [0.1, 0.15) is 17.7 Å². The first kappa shape index (κ1) is 10.4. The van der Waals surface area contributed by atoms with E-state index < -0.39 is 5.75 Å². The van der Waals surface area contributed by atoms with Crippen LogP contribution in [-0.4, -0.2) is 5.75 Å². The van der Waals surface area contributed by atoms with Crippen molar-refractivity contribution in [2.75, 3.05) is 0 Å². The van der Waals surface area contributed by atoms with Crippen molar-refractivity contribution in [3.8, 4) is 23.6 Å². The van der Waals surface area contributed by atoms with E-state index in [1.54, 1.807) is 30.3 Å². The molecule has 1 heterocycles. The van der Waals surface area contributed by atoms with Gasteiger partial charge in [-0.3, -0.25) is 0 Å². The van der Waals surface area contributed by atoms with Crippen LogP contribution in [0.2, 0.25) is 0 Å². The highest BCUT2D eigenvalue weighted by molar-refractivity contribution is 6.19. The maximum atomic E-state index is 8.60. The van der Waals surface area contributed by atoms with Crippen molar-refractivity contribution < 1.29 is 9.47 Å². The van der Waals surface area contributed by atoms with Gasteiger partial charge in [0.25, 0.3) is 0 Å². The lowest BCUT2D eigenvalue weighted by molar-refractivity contribution is 0.128. The minimum atomic E-state index is -0.819. The van der Waals surface area contributed by atoms with Crippen LogP contribution >= 0.6 is 11.6 Å². The van der Waals surface area contributed by atoms with Gasteiger partial charge in [-0.15, -0.1) is 0 Å². The van der Waals surface area contributed by atoms with Crippen LogP contribution in [0.3, 0.4) is 0 Å². The third kappa shape index (κ3) is 1.93. The lowest BCUT2D eigenvalue weighted by atomic mass is 10.1. The van der Waals surface area contributed by atoms with Crippen LogP contribution < -0.4 is 9.47 Å². The Hall–Kier alpha value is -2.17. The molecule has 0 spiro atoms. The maximum Gasteiger partial charge on any atom is 0.322 e. The Labute approximate surface area is 96.9 Å². The lowest BCUT2D eigenvalue weighted by Gasteiger charge is -1.97. The van der Waals surface area contributed by atoms with Gasteiger partial charge in [-0.1, -0.05) is 6.07 Å². The number of nitrogens with zero attached hydrogens (tertiary/aromatic N) is 2. The number of ether oxygens (including phenoxy) is 2. The summed E-state index contributed by atoms with van der Waals surface area (Å²) in [5.41, 5.74) is 0.715. The lowest BCUT2D eigenvalue weighted by Crippen LogP contribution is -2.07. The van der Waals surface area contributed by atoms with E-state index in [0.29, 0.717) is 17.1 Å². The molecule has 0 saturated heterocycles. The van der Waals surface area contributed by atoms with E-state index in [9.17, 15) is 0 Å². The Morgan fingerprint density at radius 3 is 2.62 bits per heavy atom. The first-order chi connectivity index (χ1) is 7.72. The zero-order valence-electron chi connectivity index (χ0n) is 7.98. The minimum absolute atomic E-state index is 0.0290. The fourth-order valence-electron chi connectivity index (χ4n) is 1.28. The summed E-state index contributed by atoms with van der Waals surface area (Å²) in [6.07, 6.45) is 1.46. The zero-order chi connectivity index (χ0) is 11.5. The molecular weight excluding hydrogens is 228 g/mol. The molecule has 1 aliphatic heterocycles. The van der Waals surface area contributed by atoms with E-state index in [1.165, 1.54) is 6.08 Å². The number of hydrogen-bond acceptors (Lipinski definition) is 4. The number of halogens is 1. The summed E-state index contributed by atoms with van der Waals surface area (Å²) in [6.45, 7) is 0. The molecule has 4 nitrogen and oxygen atoms in total.